The lowest BCUT2D eigenvalue weighted by atomic mass is 9.72. The number of H-pyrrole nitrogens is 2. The number of fused-ring (bicyclic) bond motifs is 8. The van der Waals surface area contributed by atoms with E-state index in [0.717, 1.165) is 57.6 Å². The lowest BCUT2D eigenvalue weighted by Crippen LogP contribution is -2.24. The summed E-state index contributed by atoms with van der Waals surface area (Å²) < 4.78 is 83.3. The molecule has 0 saturated heterocycles. The first-order valence-corrected chi connectivity index (χ1v) is 21.7. The van der Waals surface area contributed by atoms with Crippen molar-refractivity contribution in [3.05, 3.63) is 204 Å². The quantitative estimate of drug-likeness (QED) is 0.100. The predicted molar refractivity (Wildman–Crippen MR) is 261 cm³/mol. The zero-order valence-electron chi connectivity index (χ0n) is 36.5. The molecule has 2 aliphatic heterocycles. The number of halogens is 6. The third-order valence-corrected chi connectivity index (χ3v) is 12.5. The number of alkyl halides is 6. The van der Waals surface area contributed by atoms with Crippen LogP contribution in [0.4, 0.5) is 26.3 Å². The highest BCUT2D eigenvalue weighted by Gasteiger charge is 2.32. The number of nitrogens with one attached hydrogen (secondary N) is 2. The van der Waals surface area contributed by atoms with Crippen LogP contribution in [-0.2, 0) is 17.8 Å². The molecule has 0 aliphatic carbocycles. The summed E-state index contributed by atoms with van der Waals surface area (Å²) in [6.07, 6.45) is 6.23. The summed E-state index contributed by atoms with van der Waals surface area (Å²) in [5.74, 6) is 0. The molecule has 0 saturated carbocycles. The fourth-order valence-electron chi connectivity index (χ4n) is 9.22. The summed E-state index contributed by atoms with van der Waals surface area (Å²) >= 11 is 0. The summed E-state index contributed by atoms with van der Waals surface area (Å²) in [7, 11) is 0. The number of benzene rings is 4. The highest BCUT2D eigenvalue weighted by molar-refractivity contribution is 5.99. The molecule has 0 amide bonds. The van der Waals surface area contributed by atoms with Crippen LogP contribution in [0.1, 0.15) is 64.3 Å². The summed E-state index contributed by atoms with van der Waals surface area (Å²) in [6.45, 7) is 14.1. The molecule has 5 heterocycles. The molecule has 3 aromatic heterocycles. The van der Waals surface area contributed by atoms with Gasteiger partial charge >= 0.3 is 12.4 Å². The van der Waals surface area contributed by atoms with Crippen LogP contribution in [0.15, 0.2) is 159 Å². The van der Waals surface area contributed by atoms with E-state index in [9.17, 15) is 26.3 Å². The molecular weight excluding hydrogens is 855 g/mol. The number of hydrogen-bond donors (Lipinski definition) is 2. The number of nitrogens with zero attached hydrogens (tertiary/aromatic N) is 2. The molecular formula is C57H44F6N4. The monoisotopic (exact) mass is 898 g/mol. The molecule has 0 unspecified atom stereocenters. The third kappa shape index (κ3) is 8.63. The Hall–Kier alpha value is -7.72. The van der Waals surface area contributed by atoms with Crippen molar-refractivity contribution >= 4 is 46.4 Å². The van der Waals surface area contributed by atoms with Gasteiger partial charge in [-0.1, -0.05) is 96.6 Å². The number of aromatic nitrogens is 4. The second kappa shape index (κ2) is 17.6. The van der Waals surface area contributed by atoms with Gasteiger partial charge in [-0.05, 0) is 127 Å². The molecule has 2 N–H and O–H groups in total. The van der Waals surface area contributed by atoms with Crippen LogP contribution in [0.5, 0.6) is 0 Å². The summed E-state index contributed by atoms with van der Waals surface area (Å²) in [5.41, 5.74) is 10.3. The lowest BCUT2D eigenvalue weighted by Gasteiger charge is -2.32. The molecule has 8 bridgehead atoms. The minimum Gasteiger partial charge on any atom is -0.354 e. The zero-order chi connectivity index (χ0) is 47.1. The van der Waals surface area contributed by atoms with E-state index in [1.807, 2.05) is 110 Å². The van der Waals surface area contributed by atoms with Crippen molar-refractivity contribution < 1.29 is 26.3 Å². The Labute approximate surface area is 384 Å². The molecule has 0 fully saturated rings. The minimum absolute atomic E-state index is 0.311. The van der Waals surface area contributed by atoms with E-state index in [2.05, 4.69) is 41.8 Å². The topological polar surface area (TPSA) is 57.4 Å². The van der Waals surface area contributed by atoms with Crippen LogP contribution in [-0.4, -0.2) is 19.9 Å². The van der Waals surface area contributed by atoms with Crippen molar-refractivity contribution in [1.29, 1.82) is 0 Å². The largest absolute Gasteiger partial charge is 0.416 e. The highest BCUT2D eigenvalue weighted by Crippen LogP contribution is 2.42. The van der Waals surface area contributed by atoms with E-state index < -0.39 is 23.5 Å². The van der Waals surface area contributed by atoms with Gasteiger partial charge in [-0.2, -0.15) is 26.3 Å². The molecule has 9 rings (SSSR count). The Kier molecular flexibility index (Phi) is 11.7. The van der Waals surface area contributed by atoms with Crippen LogP contribution in [0.2, 0.25) is 0 Å². The maximum Gasteiger partial charge on any atom is 0.416 e. The van der Waals surface area contributed by atoms with Gasteiger partial charge in [0, 0.05) is 49.7 Å². The van der Waals surface area contributed by atoms with Crippen molar-refractivity contribution in [2.75, 3.05) is 0 Å². The van der Waals surface area contributed by atoms with Gasteiger partial charge < -0.3 is 9.97 Å². The van der Waals surface area contributed by atoms with Crippen molar-refractivity contribution in [3.63, 3.8) is 0 Å². The standard InChI is InChI=1S/C57H44F6N4/c1-5-32-55(33-6-2,34-7-3)40-18-12-37(13-19-40)52-45-28-30-49(66-45)53(38-14-20-41(21-15-38)56(58,59)60)47-26-24-43(64-47)51(36-10-8-35(4)9-11-36)44-25-27-48(65-44)54(50-31-29-46(52)67-50)39-16-22-42(23-17-39)57(61,62)63/h5-31,64,67H,1-3,32-34H2,4H3. The van der Waals surface area contributed by atoms with E-state index in [1.54, 1.807) is 0 Å². The summed E-state index contributed by atoms with van der Waals surface area (Å²) in [6, 6.07) is 33.9. The Bertz CT molecular complexity index is 3190. The van der Waals surface area contributed by atoms with Crippen molar-refractivity contribution in [3.8, 4) is 44.5 Å². The maximum absolute atomic E-state index is 13.9. The van der Waals surface area contributed by atoms with E-state index >= 15 is 0 Å². The predicted octanol–water partition coefficient (Wildman–Crippen LogP) is 16.6. The van der Waals surface area contributed by atoms with Crippen LogP contribution >= 0.6 is 0 Å². The zero-order valence-corrected chi connectivity index (χ0v) is 36.5. The first kappa shape index (κ1) is 44.5. The number of aryl methyl sites for hydroxylation is 1. The number of rotatable bonds is 11. The first-order valence-electron chi connectivity index (χ1n) is 21.7. The molecule has 10 heteroatoms. The van der Waals surface area contributed by atoms with Gasteiger partial charge in [-0.3, -0.25) is 0 Å². The van der Waals surface area contributed by atoms with Crippen molar-refractivity contribution in [2.45, 2.75) is 44.0 Å². The summed E-state index contributed by atoms with van der Waals surface area (Å²) in [5, 5.41) is 0. The first-order chi connectivity index (χ1) is 32.2. The normalized spacial score (nSPS) is 12.6. The molecule has 0 spiro atoms. The van der Waals surface area contributed by atoms with Gasteiger partial charge in [0.1, 0.15) is 0 Å². The van der Waals surface area contributed by atoms with Gasteiger partial charge in [0.2, 0.25) is 0 Å². The number of allylic oxidation sites excluding steroid dienone is 3. The third-order valence-electron chi connectivity index (χ3n) is 12.5. The number of aromatic amines is 2. The van der Waals surface area contributed by atoms with Crippen LogP contribution in [0, 0.1) is 6.92 Å². The van der Waals surface area contributed by atoms with Gasteiger partial charge in [-0.15, -0.1) is 19.7 Å². The highest BCUT2D eigenvalue weighted by atomic mass is 19.4. The molecule has 0 atom stereocenters. The average Bonchev–Trinajstić information content (AvgIpc) is 4.16. The smallest absolute Gasteiger partial charge is 0.354 e. The molecule has 7 aromatic rings. The van der Waals surface area contributed by atoms with Crippen molar-refractivity contribution in [1.82, 2.24) is 19.9 Å². The maximum atomic E-state index is 13.9. The molecule has 4 aromatic carbocycles. The SMILES string of the molecule is C=CCC(CC=C)(CC=C)c1ccc(-c2c3nc(c(-c4ccc(C(F)(F)F)cc4)c4ccc([nH]4)c(-c4ccc(C)cc4)c4nc(c(-c5ccc(C(F)(F)F)cc5)c5ccc2[nH]5)C=C4)C=C3)cc1. The van der Waals surface area contributed by atoms with Gasteiger partial charge in [0.05, 0.1) is 33.9 Å². The van der Waals surface area contributed by atoms with E-state index in [-0.39, 0.29) is 5.41 Å². The molecule has 67 heavy (non-hydrogen) atoms. The Morgan fingerprint density at radius 2 is 0.672 bits per heavy atom. The minimum atomic E-state index is -4.53. The lowest BCUT2D eigenvalue weighted by molar-refractivity contribution is -0.138. The number of hydrogen-bond acceptors (Lipinski definition) is 2. The van der Waals surface area contributed by atoms with Crippen molar-refractivity contribution in [2.24, 2.45) is 0 Å². The molecule has 2 aliphatic rings. The van der Waals surface area contributed by atoms with Crippen LogP contribution in [0.3, 0.4) is 0 Å². The van der Waals surface area contributed by atoms with Gasteiger partial charge in [-0.25, -0.2) is 9.97 Å². The van der Waals surface area contributed by atoms with Gasteiger partial charge in [0.15, 0.2) is 0 Å². The van der Waals surface area contributed by atoms with E-state index in [1.165, 1.54) is 24.3 Å². The summed E-state index contributed by atoms with van der Waals surface area (Å²) in [4.78, 5) is 17.7. The van der Waals surface area contributed by atoms with Crippen LogP contribution < -0.4 is 0 Å². The van der Waals surface area contributed by atoms with Crippen LogP contribution in [0.25, 0.3) is 90.9 Å². The second-order valence-electron chi connectivity index (χ2n) is 16.9. The Morgan fingerprint density at radius 1 is 0.403 bits per heavy atom. The Balaban J connectivity index is 1.40. The molecule has 0 radical (unpaired) electrons. The molecule has 4 nitrogen and oxygen atoms in total. The van der Waals surface area contributed by atoms with Gasteiger partial charge in [0.25, 0.3) is 0 Å². The van der Waals surface area contributed by atoms with E-state index in [0.29, 0.717) is 86.4 Å². The molecule has 334 valence electrons. The fourth-order valence-corrected chi connectivity index (χ4v) is 9.22. The van der Waals surface area contributed by atoms with E-state index in [4.69, 9.17) is 9.97 Å². The fraction of sp³-hybridized carbons (Fsp3) is 0.123. The Morgan fingerprint density at radius 3 is 0.940 bits per heavy atom. The average molecular weight is 899 g/mol. The second-order valence-corrected chi connectivity index (χ2v) is 16.9.